The van der Waals surface area contributed by atoms with Gasteiger partial charge in [-0.1, -0.05) is 6.92 Å². The molecule has 1 aromatic rings. The molecular weight excluding hydrogens is 264 g/mol. The molecule has 19 heavy (non-hydrogen) atoms. The van der Waals surface area contributed by atoms with Gasteiger partial charge >= 0.3 is 0 Å². The van der Waals surface area contributed by atoms with Crippen LogP contribution >= 0.6 is 0 Å². The van der Waals surface area contributed by atoms with Gasteiger partial charge in [-0.25, -0.2) is 8.42 Å². The van der Waals surface area contributed by atoms with E-state index in [1.165, 1.54) is 0 Å². The van der Waals surface area contributed by atoms with Crippen LogP contribution in [0.3, 0.4) is 0 Å². The minimum atomic E-state index is -3.08. The van der Waals surface area contributed by atoms with Crippen molar-refractivity contribution in [2.45, 2.75) is 57.2 Å². The van der Waals surface area contributed by atoms with Gasteiger partial charge in [0, 0.05) is 12.1 Å². The number of nitrogens with zero attached hydrogens (tertiary/aromatic N) is 4. The molecule has 2 bridgehead atoms. The molecule has 2 fully saturated rings. The summed E-state index contributed by atoms with van der Waals surface area (Å²) in [4.78, 5) is 1.75. The van der Waals surface area contributed by atoms with Crippen molar-refractivity contribution in [2.24, 2.45) is 0 Å². The monoisotopic (exact) mass is 284 g/mol. The average Bonchev–Trinajstić information content (AvgIpc) is 2.96. The van der Waals surface area contributed by atoms with Gasteiger partial charge in [0.05, 0.1) is 24.2 Å². The Balaban J connectivity index is 1.80. The molecule has 7 heteroatoms. The maximum atomic E-state index is 12.3. The second-order valence-electron chi connectivity index (χ2n) is 5.51. The van der Waals surface area contributed by atoms with Gasteiger partial charge in [-0.15, -0.1) is 0 Å². The van der Waals surface area contributed by atoms with E-state index in [0.717, 1.165) is 25.7 Å². The molecule has 2 atom stereocenters. The summed E-state index contributed by atoms with van der Waals surface area (Å²) in [6.45, 7) is 1.92. The van der Waals surface area contributed by atoms with Gasteiger partial charge in [-0.05, 0) is 32.1 Å². The molecule has 3 heterocycles. The summed E-state index contributed by atoms with van der Waals surface area (Å²) in [5, 5.41) is 8.40. The van der Waals surface area contributed by atoms with Crippen LogP contribution in [0.4, 0.5) is 0 Å². The second-order valence-corrected chi connectivity index (χ2v) is 7.50. The maximum absolute atomic E-state index is 12.3. The predicted molar refractivity (Wildman–Crippen MR) is 71.0 cm³/mol. The fraction of sp³-hybridized carbons (Fsp3) is 0.833. The first-order valence-electron chi connectivity index (χ1n) is 6.99. The van der Waals surface area contributed by atoms with E-state index in [1.807, 2.05) is 6.92 Å². The summed E-state index contributed by atoms with van der Waals surface area (Å²) in [6.07, 6.45) is 7.69. The average molecular weight is 284 g/mol. The number of fused-ring (bicyclic) bond motifs is 2. The summed E-state index contributed by atoms with van der Waals surface area (Å²) in [6, 6.07) is 0.540. The summed E-state index contributed by atoms with van der Waals surface area (Å²) in [5.41, 5.74) is 0. The van der Waals surface area contributed by atoms with E-state index in [9.17, 15) is 8.42 Å². The Bertz CT molecular complexity index is 514. The van der Waals surface area contributed by atoms with Crippen LogP contribution in [0.2, 0.25) is 0 Å². The van der Waals surface area contributed by atoms with Crippen molar-refractivity contribution >= 4 is 10.0 Å². The first kappa shape index (κ1) is 13.1. The van der Waals surface area contributed by atoms with Crippen LogP contribution in [-0.4, -0.2) is 45.6 Å². The third-order valence-corrected chi connectivity index (χ3v) is 6.35. The van der Waals surface area contributed by atoms with Crippen LogP contribution in [0, 0.1) is 0 Å². The van der Waals surface area contributed by atoms with E-state index in [-0.39, 0.29) is 23.9 Å². The Kier molecular flexibility index (Phi) is 3.34. The number of sulfonamides is 1. The highest BCUT2D eigenvalue weighted by Crippen LogP contribution is 2.42. The smallest absolute Gasteiger partial charge is 0.212 e. The number of rotatable bonds is 4. The first-order valence-corrected chi connectivity index (χ1v) is 8.59. The Morgan fingerprint density at radius 2 is 1.68 bits per heavy atom. The normalized spacial score (nSPS) is 31.7. The lowest BCUT2D eigenvalue weighted by Crippen LogP contribution is -2.47. The summed E-state index contributed by atoms with van der Waals surface area (Å²) in [7, 11) is -3.08. The van der Waals surface area contributed by atoms with Crippen LogP contribution in [-0.2, 0) is 10.0 Å². The number of piperidine rings is 1. The molecule has 3 rings (SSSR count). The molecule has 0 spiro atoms. The zero-order chi connectivity index (χ0) is 13.5. The van der Waals surface area contributed by atoms with Crippen molar-refractivity contribution in [1.82, 2.24) is 19.3 Å². The van der Waals surface area contributed by atoms with Crippen molar-refractivity contribution in [3.8, 4) is 0 Å². The van der Waals surface area contributed by atoms with Gasteiger partial charge in [-0.2, -0.15) is 19.3 Å². The van der Waals surface area contributed by atoms with Crippen molar-refractivity contribution in [1.29, 1.82) is 0 Å². The molecule has 0 amide bonds. The third-order valence-electron chi connectivity index (χ3n) is 4.19. The van der Waals surface area contributed by atoms with Crippen molar-refractivity contribution < 1.29 is 8.42 Å². The Hall–Kier alpha value is -0.950. The molecule has 0 saturated carbocycles. The quantitative estimate of drug-likeness (QED) is 0.833. The van der Waals surface area contributed by atoms with Crippen molar-refractivity contribution in [3.05, 3.63) is 12.4 Å². The summed E-state index contributed by atoms with van der Waals surface area (Å²) < 4.78 is 26.4. The number of aromatic nitrogens is 3. The predicted octanol–water partition coefficient (Wildman–Crippen LogP) is 1.19. The highest BCUT2D eigenvalue weighted by molar-refractivity contribution is 7.89. The molecule has 2 aliphatic heterocycles. The molecule has 1 aromatic heterocycles. The Morgan fingerprint density at radius 3 is 2.21 bits per heavy atom. The van der Waals surface area contributed by atoms with Crippen LogP contribution in [0.15, 0.2) is 12.4 Å². The fourth-order valence-corrected chi connectivity index (χ4v) is 5.54. The minimum Gasteiger partial charge on any atom is -0.212 e. The van der Waals surface area contributed by atoms with Gasteiger partial charge in [-0.3, -0.25) is 0 Å². The van der Waals surface area contributed by atoms with E-state index in [0.29, 0.717) is 6.42 Å². The Labute approximate surface area is 113 Å². The molecule has 106 valence electrons. The molecular formula is C12H20N4O2S. The lowest BCUT2D eigenvalue weighted by Gasteiger charge is -2.37. The van der Waals surface area contributed by atoms with Gasteiger partial charge in [0.15, 0.2) is 0 Å². The van der Waals surface area contributed by atoms with Gasteiger partial charge < -0.3 is 0 Å². The molecule has 6 nitrogen and oxygen atoms in total. The zero-order valence-electron chi connectivity index (χ0n) is 11.1. The molecule has 0 aromatic carbocycles. The topological polar surface area (TPSA) is 68.1 Å². The molecule has 0 aliphatic carbocycles. The SMILES string of the molecule is CCCS(=O)(=O)N1C2CCC1CC(n1nccn1)C2. The lowest BCUT2D eigenvalue weighted by molar-refractivity contribution is 0.174. The van der Waals surface area contributed by atoms with Gasteiger partial charge in [0.2, 0.25) is 10.0 Å². The van der Waals surface area contributed by atoms with E-state index in [4.69, 9.17) is 0 Å². The van der Waals surface area contributed by atoms with Gasteiger partial charge in [0.25, 0.3) is 0 Å². The minimum absolute atomic E-state index is 0.145. The summed E-state index contributed by atoms with van der Waals surface area (Å²) >= 11 is 0. The highest BCUT2D eigenvalue weighted by Gasteiger charge is 2.47. The van der Waals surface area contributed by atoms with Crippen molar-refractivity contribution in [2.75, 3.05) is 5.75 Å². The Morgan fingerprint density at radius 1 is 1.11 bits per heavy atom. The maximum Gasteiger partial charge on any atom is 0.214 e. The third kappa shape index (κ3) is 2.29. The van der Waals surface area contributed by atoms with E-state index in [2.05, 4.69) is 10.2 Å². The number of hydrogen-bond acceptors (Lipinski definition) is 4. The molecule has 0 N–H and O–H groups in total. The lowest BCUT2D eigenvalue weighted by atomic mass is 10.0. The van der Waals surface area contributed by atoms with Crippen molar-refractivity contribution in [3.63, 3.8) is 0 Å². The van der Waals surface area contributed by atoms with E-state index < -0.39 is 10.0 Å². The largest absolute Gasteiger partial charge is 0.214 e. The summed E-state index contributed by atoms with van der Waals surface area (Å²) in [5.74, 6) is 0.269. The molecule has 2 unspecified atom stereocenters. The van der Waals surface area contributed by atoms with Crippen LogP contribution in [0.1, 0.15) is 45.1 Å². The molecule has 0 radical (unpaired) electrons. The van der Waals surface area contributed by atoms with E-state index >= 15 is 0 Å². The van der Waals surface area contributed by atoms with Crippen LogP contribution in [0.25, 0.3) is 0 Å². The zero-order valence-corrected chi connectivity index (χ0v) is 12.0. The number of hydrogen-bond donors (Lipinski definition) is 0. The molecule has 2 aliphatic rings. The van der Waals surface area contributed by atoms with Gasteiger partial charge in [0.1, 0.15) is 0 Å². The fourth-order valence-electron chi connectivity index (χ4n) is 3.53. The second kappa shape index (κ2) is 4.86. The van der Waals surface area contributed by atoms with E-state index in [1.54, 1.807) is 21.5 Å². The highest BCUT2D eigenvalue weighted by atomic mass is 32.2. The van der Waals surface area contributed by atoms with Crippen LogP contribution < -0.4 is 0 Å². The first-order chi connectivity index (χ1) is 9.12. The molecule has 2 saturated heterocycles. The van der Waals surface area contributed by atoms with Crippen LogP contribution in [0.5, 0.6) is 0 Å². The standard InChI is InChI=1S/C12H20N4O2S/c1-2-7-19(17,18)15-10-3-4-11(15)9-12(8-10)16-13-5-6-14-16/h5-6,10-12H,2-4,7-9H2,1H3.